The van der Waals surface area contributed by atoms with Crippen molar-refractivity contribution in [1.82, 2.24) is 19.6 Å². The molecule has 0 bridgehead atoms. The van der Waals surface area contributed by atoms with Crippen LogP contribution in [-0.2, 0) is 0 Å². The molecule has 2 aromatic rings. The maximum absolute atomic E-state index is 4.36. The van der Waals surface area contributed by atoms with E-state index in [-0.39, 0.29) is 0 Å². The SMILES string of the molecule is CCCCNc1nc2nc(C)cc(C)n2n1. The van der Waals surface area contributed by atoms with Gasteiger partial charge in [0.15, 0.2) is 0 Å². The van der Waals surface area contributed by atoms with Crippen LogP contribution in [0.25, 0.3) is 5.78 Å². The first kappa shape index (κ1) is 10.9. The van der Waals surface area contributed by atoms with E-state index in [0.29, 0.717) is 11.7 Å². The van der Waals surface area contributed by atoms with E-state index in [4.69, 9.17) is 0 Å². The van der Waals surface area contributed by atoms with Gasteiger partial charge < -0.3 is 5.32 Å². The lowest BCUT2D eigenvalue weighted by molar-refractivity contribution is 0.821. The molecule has 0 fully saturated rings. The molecule has 0 aliphatic rings. The fourth-order valence-electron chi connectivity index (χ4n) is 1.62. The minimum Gasteiger partial charge on any atom is -0.353 e. The summed E-state index contributed by atoms with van der Waals surface area (Å²) in [6, 6.07) is 2.00. The Balaban J connectivity index is 2.26. The summed E-state index contributed by atoms with van der Waals surface area (Å²) in [4.78, 5) is 8.67. The molecule has 0 aliphatic heterocycles. The van der Waals surface area contributed by atoms with Crippen molar-refractivity contribution in [1.29, 1.82) is 0 Å². The molecule has 0 saturated heterocycles. The average molecular weight is 219 g/mol. The van der Waals surface area contributed by atoms with Crippen molar-refractivity contribution in [3.05, 3.63) is 17.5 Å². The molecule has 0 saturated carbocycles. The monoisotopic (exact) mass is 219 g/mol. The Morgan fingerprint density at radius 2 is 2.12 bits per heavy atom. The smallest absolute Gasteiger partial charge is 0.254 e. The molecular weight excluding hydrogens is 202 g/mol. The molecule has 86 valence electrons. The van der Waals surface area contributed by atoms with Crippen molar-refractivity contribution in [2.75, 3.05) is 11.9 Å². The van der Waals surface area contributed by atoms with Gasteiger partial charge in [-0.2, -0.15) is 9.50 Å². The third kappa shape index (κ3) is 2.13. The van der Waals surface area contributed by atoms with Crippen LogP contribution in [0.15, 0.2) is 6.07 Å². The van der Waals surface area contributed by atoms with E-state index in [9.17, 15) is 0 Å². The van der Waals surface area contributed by atoms with Crippen LogP contribution in [0.1, 0.15) is 31.2 Å². The molecule has 5 nitrogen and oxygen atoms in total. The van der Waals surface area contributed by atoms with Gasteiger partial charge in [0.1, 0.15) is 0 Å². The number of hydrogen-bond donors (Lipinski definition) is 1. The highest BCUT2D eigenvalue weighted by molar-refractivity contribution is 5.38. The predicted octanol–water partition coefficient (Wildman–Crippen LogP) is 1.95. The van der Waals surface area contributed by atoms with Crippen LogP contribution in [0.2, 0.25) is 0 Å². The Morgan fingerprint density at radius 1 is 1.31 bits per heavy atom. The third-order valence-corrected chi connectivity index (χ3v) is 2.43. The largest absolute Gasteiger partial charge is 0.353 e. The number of nitrogens with zero attached hydrogens (tertiary/aromatic N) is 4. The van der Waals surface area contributed by atoms with Crippen LogP contribution in [0, 0.1) is 13.8 Å². The summed E-state index contributed by atoms with van der Waals surface area (Å²) < 4.78 is 1.77. The molecule has 0 unspecified atom stereocenters. The van der Waals surface area contributed by atoms with E-state index in [0.717, 1.165) is 30.8 Å². The summed E-state index contributed by atoms with van der Waals surface area (Å²) in [5.74, 6) is 1.33. The molecule has 0 radical (unpaired) electrons. The van der Waals surface area contributed by atoms with Crippen LogP contribution in [0.3, 0.4) is 0 Å². The molecule has 16 heavy (non-hydrogen) atoms. The maximum Gasteiger partial charge on any atom is 0.254 e. The summed E-state index contributed by atoms with van der Waals surface area (Å²) in [5, 5.41) is 7.56. The Labute approximate surface area is 94.9 Å². The lowest BCUT2D eigenvalue weighted by atomic mass is 10.3. The lowest BCUT2D eigenvalue weighted by Gasteiger charge is -1.98. The molecule has 0 amide bonds. The van der Waals surface area contributed by atoms with Crippen LogP contribution in [0.4, 0.5) is 5.95 Å². The topological polar surface area (TPSA) is 55.1 Å². The minimum atomic E-state index is 0.662. The van der Waals surface area contributed by atoms with Crippen LogP contribution in [-0.4, -0.2) is 26.1 Å². The fraction of sp³-hybridized carbons (Fsp3) is 0.545. The third-order valence-electron chi connectivity index (χ3n) is 2.43. The number of unbranched alkanes of at least 4 members (excludes halogenated alkanes) is 1. The Hall–Kier alpha value is -1.65. The normalized spacial score (nSPS) is 10.9. The molecule has 1 N–H and O–H groups in total. The van der Waals surface area contributed by atoms with Gasteiger partial charge in [-0.05, 0) is 26.3 Å². The standard InChI is InChI=1S/C11H17N5/c1-4-5-6-12-10-14-11-13-8(2)7-9(3)16(11)15-10/h7H,4-6H2,1-3H3,(H,12,15). The Kier molecular flexibility index (Phi) is 3.03. The number of nitrogens with one attached hydrogen (secondary N) is 1. The van der Waals surface area contributed by atoms with E-state index in [1.807, 2.05) is 19.9 Å². The highest BCUT2D eigenvalue weighted by Gasteiger charge is 2.06. The fourth-order valence-corrected chi connectivity index (χ4v) is 1.62. The Morgan fingerprint density at radius 3 is 2.88 bits per heavy atom. The van der Waals surface area contributed by atoms with Gasteiger partial charge in [-0.3, -0.25) is 0 Å². The van der Waals surface area contributed by atoms with Crippen LogP contribution >= 0.6 is 0 Å². The second kappa shape index (κ2) is 4.47. The highest BCUT2D eigenvalue weighted by atomic mass is 15.4. The van der Waals surface area contributed by atoms with Crippen molar-refractivity contribution >= 4 is 11.7 Å². The first-order valence-electron chi connectivity index (χ1n) is 5.65. The molecule has 0 aromatic carbocycles. The number of rotatable bonds is 4. The maximum atomic E-state index is 4.36. The molecule has 2 aromatic heterocycles. The van der Waals surface area contributed by atoms with Gasteiger partial charge in [-0.15, -0.1) is 5.10 Å². The molecule has 0 spiro atoms. The quantitative estimate of drug-likeness (QED) is 0.798. The summed E-state index contributed by atoms with van der Waals surface area (Å²) in [6.45, 7) is 7.04. The summed E-state index contributed by atoms with van der Waals surface area (Å²) in [6.07, 6.45) is 2.29. The first-order valence-corrected chi connectivity index (χ1v) is 5.65. The van der Waals surface area contributed by atoms with Crippen molar-refractivity contribution in [3.63, 3.8) is 0 Å². The molecule has 0 aliphatic carbocycles. The van der Waals surface area contributed by atoms with Gasteiger partial charge in [0, 0.05) is 17.9 Å². The van der Waals surface area contributed by atoms with Crippen molar-refractivity contribution in [3.8, 4) is 0 Å². The van der Waals surface area contributed by atoms with Crippen molar-refractivity contribution in [2.24, 2.45) is 0 Å². The average Bonchev–Trinajstić information content (AvgIpc) is 2.61. The number of aromatic nitrogens is 4. The summed E-state index contributed by atoms with van der Waals surface area (Å²) >= 11 is 0. The van der Waals surface area contributed by atoms with E-state index in [2.05, 4.69) is 27.3 Å². The van der Waals surface area contributed by atoms with Gasteiger partial charge in [0.2, 0.25) is 5.95 Å². The van der Waals surface area contributed by atoms with Gasteiger partial charge in [0.25, 0.3) is 5.78 Å². The van der Waals surface area contributed by atoms with Gasteiger partial charge in [0.05, 0.1) is 0 Å². The second-order valence-electron chi connectivity index (χ2n) is 3.97. The molecule has 0 atom stereocenters. The Bertz CT molecular complexity index is 488. The minimum absolute atomic E-state index is 0.662. The molecular formula is C11H17N5. The van der Waals surface area contributed by atoms with Crippen molar-refractivity contribution in [2.45, 2.75) is 33.6 Å². The number of hydrogen-bond acceptors (Lipinski definition) is 4. The van der Waals surface area contributed by atoms with Crippen LogP contribution in [0.5, 0.6) is 0 Å². The van der Waals surface area contributed by atoms with E-state index >= 15 is 0 Å². The zero-order chi connectivity index (χ0) is 11.5. The van der Waals surface area contributed by atoms with Gasteiger partial charge in [-0.1, -0.05) is 13.3 Å². The van der Waals surface area contributed by atoms with Crippen LogP contribution < -0.4 is 5.32 Å². The van der Waals surface area contributed by atoms with Gasteiger partial charge in [-0.25, -0.2) is 4.98 Å². The van der Waals surface area contributed by atoms with Crippen molar-refractivity contribution < 1.29 is 0 Å². The van der Waals surface area contributed by atoms with E-state index < -0.39 is 0 Å². The highest BCUT2D eigenvalue weighted by Crippen LogP contribution is 2.07. The zero-order valence-corrected chi connectivity index (χ0v) is 9.99. The van der Waals surface area contributed by atoms with E-state index in [1.54, 1.807) is 4.52 Å². The summed E-state index contributed by atoms with van der Waals surface area (Å²) in [7, 11) is 0. The lowest BCUT2D eigenvalue weighted by Crippen LogP contribution is -2.02. The predicted molar refractivity (Wildman–Crippen MR) is 63.7 cm³/mol. The van der Waals surface area contributed by atoms with Gasteiger partial charge >= 0.3 is 0 Å². The molecule has 2 rings (SSSR count). The molecule has 5 heteroatoms. The number of fused-ring (bicyclic) bond motifs is 1. The molecule has 2 heterocycles. The zero-order valence-electron chi connectivity index (χ0n) is 9.99. The second-order valence-corrected chi connectivity index (χ2v) is 3.97. The summed E-state index contributed by atoms with van der Waals surface area (Å²) in [5.41, 5.74) is 2.02. The number of anilines is 1. The number of aryl methyl sites for hydroxylation is 2. The van der Waals surface area contributed by atoms with E-state index in [1.165, 1.54) is 0 Å². The first-order chi connectivity index (χ1) is 7.70.